The number of hydrogen-bond acceptors (Lipinski definition) is 16. The first-order valence-corrected chi connectivity index (χ1v) is 21.3. The third-order valence-electron chi connectivity index (χ3n) is 12.9. The number of nitrogens with zero attached hydrogens (tertiary/aromatic N) is 4. The van der Waals surface area contributed by atoms with Crippen LogP contribution in [0.15, 0.2) is 5.11 Å². The molecule has 330 valence electrons. The Bertz CT molecular complexity index is 1550. The summed E-state index contributed by atoms with van der Waals surface area (Å²) in [7, 11) is -1.28. The lowest BCUT2D eigenvalue weighted by atomic mass is 9.75. The molecule has 20 heteroatoms. The molecule has 4 saturated heterocycles. The Morgan fingerprint density at radius 2 is 1.70 bits per heavy atom. The Kier molecular flexibility index (Phi) is 15.2. The van der Waals surface area contributed by atoms with Gasteiger partial charge in [-0.15, -0.1) is 0 Å². The van der Waals surface area contributed by atoms with E-state index in [4.69, 9.17) is 38.1 Å². The van der Waals surface area contributed by atoms with Gasteiger partial charge in [-0.3, -0.25) is 4.79 Å². The fourth-order valence-corrected chi connectivity index (χ4v) is 10.3. The van der Waals surface area contributed by atoms with Gasteiger partial charge in [-0.2, -0.15) is 12.7 Å². The second kappa shape index (κ2) is 18.1. The van der Waals surface area contributed by atoms with Crippen molar-refractivity contribution in [1.82, 2.24) is 9.62 Å². The highest BCUT2D eigenvalue weighted by molar-refractivity contribution is 7.84. The van der Waals surface area contributed by atoms with Gasteiger partial charge in [0.2, 0.25) is 0 Å². The molecule has 0 aromatic rings. The molecule has 0 aliphatic carbocycles. The molecule has 0 unspecified atom stereocenters. The maximum Gasteiger partial charge on any atom is 0.338 e. The summed E-state index contributed by atoms with van der Waals surface area (Å²) in [5, 5.41) is 54.1. The Morgan fingerprint density at radius 1 is 1.05 bits per heavy atom. The number of methoxy groups -OCH3 is 1. The van der Waals surface area contributed by atoms with Crippen LogP contribution in [0.2, 0.25) is 0 Å². The molecule has 4 rings (SSSR count). The predicted molar refractivity (Wildman–Crippen MR) is 204 cm³/mol. The van der Waals surface area contributed by atoms with Gasteiger partial charge < -0.3 is 54.2 Å². The summed E-state index contributed by atoms with van der Waals surface area (Å²) < 4.78 is 70.2. The number of carbonyl (C=O) groups is 1. The predicted octanol–water partition coefficient (Wildman–Crippen LogP) is 1.89. The minimum Gasteiger partial charge on any atom is -0.459 e. The van der Waals surface area contributed by atoms with E-state index in [1.165, 1.54) is 21.1 Å². The molecule has 57 heavy (non-hydrogen) atoms. The third kappa shape index (κ3) is 9.75. The van der Waals surface area contributed by atoms with Gasteiger partial charge in [0.05, 0.1) is 48.5 Å². The highest BCUT2D eigenvalue weighted by atomic mass is 32.2. The van der Waals surface area contributed by atoms with E-state index in [2.05, 4.69) is 15.3 Å². The number of aliphatic hydroxyl groups is 4. The van der Waals surface area contributed by atoms with Gasteiger partial charge in [0.1, 0.15) is 35.1 Å². The molecule has 0 amide bonds. The van der Waals surface area contributed by atoms with Gasteiger partial charge in [-0.1, -0.05) is 25.9 Å². The minimum atomic E-state index is -4.11. The molecular formula is C37H67N5O14S. The van der Waals surface area contributed by atoms with Crippen LogP contribution in [0.3, 0.4) is 0 Å². The van der Waals surface area contributed by atoms with Crippen molar-refractivity contribution in [3.8, 4) is 0 Å². The lowest BCUT2D eigenvalue weighted by Crippen LogP contribution is -2.68. The van der Waals surface area contributed by atoms with Crippen LogP contribution >= 0.6 is 0 Å². The van der Waals surface area contributed by atoms with E-state index in [0.717, 1.165) is 4.31 Å². The van der Waals surface area contributed by atoms with E-state index in [0.29, 0.717) is 13.0 Å². The van der Waals surface area contributed by atoms with Crippen LogP contribution in [0.4, 0.5) is 0 Å². The summed E-state index contributed by atoms with van der Waals surface area (Å²) in [6.07, 6.45) is -9.37. The van der Waals surface area contributed by atoms with Crippen LogP contribution in [0.5, 0.6) is 0 Å². The number of rotatable bonds is 8. The summed E-state index contributed by atoms with van der Waals surface area (Å²) in [5.41, 5.74) is 2.32. The van der Waals surface area contributed by atoms with Crippen molar-refractivity contribution in [2.75, 3.05) is 27.2 Å². The van der Waals surface area contributed by atoms with Crippen molar-refractivity contribution in [1.29, 1.82) is 0 Å². The molecule has 19 nitrogen and oxygen atoms in total. The number of nitrogens with one attached hydrogen (secondary N) is 1. The van der Waals surface area contributed by atoms with E-state index < -0.39 is 118 Å². The highest BCUT2D eigenvalue weighted by Crippen LogP contribution is 2.44. The molecule has 18 atom stereocenters. The second-order valence-electron chi connectivity index (χ2n) is 17.5. The molecule has 4 fully saturated rings. The number of esters is 1. The molecule has 0 saturated carbocycles. The summed E-state index contributed by atoms with van der Waals surface area (Å²) in [6.45, 7) is 16.5. The summed E-state index contributed by atoms with van der Waals surface area (Å²) in [6, 6.07) is -1.27. The van der Waals surface area contributed by atoms with Gasteiger partial charge in [0.15, 0.2) is 12.6 Å². The molecular weight excluding hydrogens is 770 g/mol. The van der Waals surface area contributed by atoms with Crippen LogP contribution in [-0.4, -0.2) is 156 Å². The maximum absolute atomic E-state index is 14.3. The largest absolute Gasteiger partial charge is 0.459 e. The van der Waals surface area contributed by atoms with E-state index in [1.54, 1.807) is 55.4 Å². The third-order valence-corrected chi connectivity index (χ3v) is 14.4. The lowest BCUT2D eigenvalue weighted by Gasteiger charge is -2.53. The Hall–Kier alpha value is -1.75. The zero-order valence-electron chi connectivity index (χ0n) is 35.4. The van der Waals surface area contributed by atoms with Gasteiger partial charge in [0.25, 0.3) is 0 Å². The van der Waals surface area contributed by atoms with Gasteiger partial charge in [-0.05, 0) is 85.7 Å². The standard InChI is InChI=1S/C37H67N5O14S/c1-13-26-36(10,46)30(43)23(6)39-17-19(2)15-34(8,45)31(55-33-29-25(14-20(3)51-33)42(11)57(48,49)56-29)21(4)28(22(5)32(44)53-26)54-27-16-35(9,50-12)37(47,18-40-41-38)24(7)52-27/h19-31,33,39,43,45-47H,13-18H2,1-12H3/t19-,20-,21+,22-,23-,24+,25+,26-,27+,28+,29-,30-,31-,33+,34-,35-,36-,37+/m1/s1. The molecule has 4 aliphatic heterocycles. The van der Waals surface area contributed by atoms with Gasteiger partial charge in [-0.25, -0.2) is 4.18 Å². The Morgan fingerprint density at radius 3 is 2.30 bits per heavy atom. The molecule has 4 aliphatic rings. The zero-order valence-corrected chi connectivity index (χ0v) is 36.2. The van der Waals surface area contributed by atoms with Crippen LogP contribution in [0, 0.1) is 17.8 Å². The second-order valence-corrected chi connectivity index (χ2v) is 19.1. The van der Waals surface area contributed by atoms with E-state index >= 15 is 0 Å². The topological polar surface area (TPSA) is 261 Å². The van der Waals surface area contributed by atoms with E-state index in [1.807, 2.05) is 6.92 Å². The molecule has 5 N–H and O–H groups in total. The first-order valence-electron chi connectivity index (χ1n) is 19.9. The average molecular weight is 838 g/mol. The number of azide groups is 1. The number of fused-ring (bicyclic) bond motifs is 1. The van der Waals surface area contributed by atoms with E-state index in [-0.39, 0.29) is 31.7 Å². The molecule has 0 spiro atoms. The first kappa shape index (κ1) is 47.9. The van der Waals surface area contributed by atoms with Crippen molar-refractivity contribution in [3.05, 3.63) is 10.4 Å². The zero-order chi connectivity index (χ0) is 43.1. The molecule has 0 aromatic heterocycles. The van der Waals surface area contributed by atoms with Gasteiger partial charge >= 0.3 is 16.3 Å². The Labute approximate surface area is 336 Å². The number of carbonyl (C=O) groups excluding carboxylic acids is 1. The molecule has 4 heterocycles. The SMILES string of the molecule is CC[C@H]1OC(=O)[C@H](C)[C@@H](O[C@H]2C[C@@](C)(OC)[C@](O)(CN=[N+]=[N-])[C@H](C)O2)[C@H](C)[C@@H](O[C@@H]2O[C@H](C)C[C@H]3[C@H]2OS(=O)(=O)N3C)[C@](C)(O)C[C@@H](C)CN[C@H](C)[C@@H](O)[C@]1(C)O. The van der Waals surface area contributed by atoms with Gasteiger partial charge in [0, 0.05) is 37.4 Å². The first-order chi connectivity index (χ1) is 26.3. The van der Waals surface area contributed by atoms with Crippen molar-refractivity contribution in [2.24, 2.45) is 22.9 Å². The monoisotopic (exact) mass is 837 g/mol. The fourth-order valence-electron chi connectivity index (χ4n) is 9.17. The van der Waals surface area contributed by atoms with Crippen LogP contribution < -0.4 is 5.32 Å². The van der Waals surface area contributed by atoms with Crippen LogP contribution in [0.25, 0.3) is 10.4 Å². The summed E-state index contributed by atoms with van der Waals surface area (Å²) in [4.78, 5) is 17.1. The molecule has 0 radical (unpaired) electrons. The molecule has 0 bridgehead atoms. The lowest BCUT2D eigenvalue weighted by molar-refractivity contribution is -0.334. The summed E-state index contributed by atoms with van der Waals surface area (Å²) in [5.74, 6) is -3.11. The minimum absolute atomic E-state index is 0.0949. The number of cyclic esters (lactones) is 1. The fraction of sp³-hybridized carbons (Fsp3) is 0.973. The molecule has 0 aromatic carbocycles. The number of hydrogen-bond donors (Lipinski definition) is 5. The number of aliphatic hydroxyl groups excluding tert-OH is 1. The maximum atomic E-state index is 14.3. The Balaban J connectivity index is 1.83. The normalized spacial score (nSPS) is 49.2. The average Bonchev–Trinajstić information content (AvgIpc) is 3.37. The van der Waals surface area contributed by atoms with Crippen molar-refractivity contribution >= 4 is 16.3 Å². The number of likely N-dealkylation sites (N-methyl/N-ethyl adjacent to an activating group) is 1. The van der Waals surface area contributed by atoms with E-state index in [9.17, 15) is 33.6 Å². The summed E-state index contributed by atoms with van der Waals surface area (Å²) >= 11 is 0. The van der Waals surface area contributed by atoms with Crippen LogP contribution in [0.1, 0.15) is 94.9 Å². The van der Waals surface area contributed by atoms with Crippen molar-refractivity contribution < 1.29 is 66.2 Å². The van der Waals surface area contributed by atoms with Crippen molar-refractivity contribution in [3.63, 3.8) is 0 Å². The highest BCUT2D eigenvalue weighted by Gasteiger charge is 2.59. The van der Waals surface area contributed by atoms with Crippen LogP contribution in [-0.2, 0) is 47.7 Å². The quantitative estimate of drug-likeness (QED) is 0.101. The van der Waals surface area contributed by atoms with Crippen molar-refractivity contribution in [2.45, 2.75) is 185 Å². The smallest absolute Gasteiger partial charge is 0.338 e. The number of ether oxygens (including phenoxy) is 6.